The normalized spacial score (nSPS) is 17.2. The zero-order valence-electron chi connectivity index (χ0n) is 15.9. The average molecular weight is 420 g/mol. The van der Waals surface area contributed by atoms with Crippen molar-refractivity contribution in [3.63, 3.8) is 0 Å². The summed E-state index contributed by atoms with van der Waals surface area (Å²) in [6.07, 6.45) is 0.471. The predicted octanol–water partition coefficient (Wildman–Crippen LogP) is 3.74. The first-order valence-electron chi connectivity index (χ1n) is 8.94. The van der Waals surface area contributed by atoms with Gasteiger partial charge in [0.1, 0.15) is 11.9 Å². The molecule has 6 nitrogen and oxygen atoms in total. The molecule has 0 radical (unpaired) electrons. The van der Waals surface area contributed by atoms with Crippen molar-refractivity contribution in [1.82, 2.24) is 4.72 Å². The van der Waals surface area contributed by atoms with E-state index in [1.807, 2.05) is 26.8 Å². The lowest BCUT2D eigenvalue weighted by Crippen LogP contribution is -2.31. The van der Waals surface area contributed by atoms with Crippen LogP contribution in [0, 0.1) is 12.8 Å². The number of amides is 1. The minimum atomic E-state index is -3.65. The van der Waals surface area contributed by atoms with Crippen LogP contribution in [0.4, 0.5) is 5.69 Å². The van der Waals surface area contributed by atoms with Gasteiger partial charge in [-0.2, -0.15) is 0 Å². The van der Waals surface area contributed by atoms with E-state index in [9.17, 15) is 13.2 Å². The Kier molecular flexibility index (Phi) is 5.76. The molecule has 0 bridgehead atoms. The Morgan fingerprint density at radius 2 is 1.93 bits per heavy atom. The number of nitrogens with zero attached hydrogens (tertiary/aromatic N) is 1. The van der Waals surface area contributed by atoms with E-state index in [2.05, 4.69) is 15.0 Å². The summed E-state index contributed by atoms with van der Waals surface area (Å²) in [5, 5.41) is 3.38. The zero-order valence-corrected chi connectivity index (χ0v) is 17.4. The highest BCUT2D eigenvalue weighted by Crippen LogP contribution is 2.24. The lowest BCUT2D eigenvalue weighted by atomic mass is 10.0. The van der Waals surface area contributed by atoms with Crippen LogP contribution in [0.5, 0.6) is 0 Å². The van der Waals surface area contributed by atoms with Crippen LogP contribution in [-0.4, -0.2) is 26.2 Å². The van der Waals surface area contributed by atoms with Gasteiger partial charge in [-0.1, -0.05) is 43.6 Å². The van der Waals surface area contributed by atoms with Crippen LogP contribution in [-0.2, 0) is 14.8 Å². The number of hydrogen-bond acceptors (Lipinski definition) is 4. The summed E-state index contributed by atoms with van der Waals surface area (Å²) >= 11 is 6.13. The number of aryl methyl sites for hydroxylation is 1. The molecule has 1 heterocycles. The topological polar surface area (TPSA) is 87.6 Å². The van der Waals surface area contributed by atoms with Crippen molar-refractivity contribution in [3.05, 3.63) is 58.6 Å². The van der Waals surface area contributed by atoms with E-state index < -0.39 is 16.1 Å². The second-order valence-electron chi connectivity index (χ2n) is 7.18. The van der Waals surface area contributed by atoms with Crippen LogP contribution < -0.4 is 10.0 Å². The van der Waals surface area contributed by atoms with Crippen molar-refractivity contribution < 1.29 is 13.2 Å². The van der Waals surface area contributed by atoms with E-state index in [0.717, 1.165) is 5.56 Å². The lowest BCUT2D eigenvalue weighted by Gasteiger charge is -2.16. The van der Waals surface area contributed by atoms with Crippen LogP contribution in [0.25, 0.3) is 0 Å². The van der Waals surface area contributed by atoms with Crippen LogP contribution in [0.1, 0.15) is 31.4 Å². The Labute approximate surface area is 170 Å². The van der Waals surface area contributed by atoms with Crippen molar-refractivity contribution in [3.8, 4) is 0 Å². The summed E-state index contributed by atoms with van der Waals surface area (Å²) in [5.74, 6) is 0.0676. The van der Waals surface area contributed by atoms with Crippen LogP contribution in [0.2, 0.25) is 5.02 Å². The third kappa shape index (κ3) is 4.36. The molecule has 2 N–H and O–H groups in total. The molecule has 0 aliphatic carbocycles. The number of carbonyl (C=O) groups is 1. The molecule has 2 aromatic carbocycles. The van der Waals surface area contributed by atoms with E-state index in [4.69, 9.17) is 11.6 Å². The van der Waals surface area contributed by atoms with Crippen LogP contribution in [0.15, 0.2) is 52.4 Å². The summed E-state index contributed by atoms with van der Waals surface area (Å²) in [6, 6.07) is 11.1. The summed E-state index contributed by atoms with van der Waals surface area (Å²) in [6.45, 7) is 5.84. The number of amidine groups is 1. The molecule has 0 saturated heterocycles. The predicted molar refractivity (Wildman–Crippen MR) is 111 cm³/mol. The maximum Gasteiger partial charge on any atom is 0.263 e. The van der Waals surface area contributed by atoms with Gasteiger partial charge in [0.25, 0.3) is 10.0 Å². The minimum absolute atomic E-state index is 0.169. The molecule has 1 aliphatic heterocycles. The Morgan fingerprint density at radius 3 is 2.61 bits per heavy atom. The molecule has 1 aliphatic rings. The van der Waals surface area contributed by atoms with E-state index in [-0.39, 0.29) is 22.6 Å². The van der Waals surface area contributed by atoms with Gasteiger partial charge >= 0.3 is 0 Å². The summed E-state index contributed by atoms with van der Waals surface area (Å²) in [5.41, 5.74) is 1.96. The van der Waals surface area contributed by atoms with Crippen LogP contribution >= 0.6 is 11.6 Å². The molecule has 148 valence electrons. The molecule has 8 heteroatoms. The number of sulfonamides is 1. The molecule has 0 spiro atoms. The van der Waals surface area contributed by atoms with Gasteiger partial charge in [-0.15, -0.1) is 0 Å². The number of rotatable bonds is 5. The maximum absolute atomic E-state index is 12.9. The number of aliphatic imine (C=N–C) groups is 1. The van der Waals surface area contributed by atoms with Gasteiger partial charge in [0.05, 0.1) is 4.90 Å². The van der Waals surface area contributed by atoms with Gasteiger partial charge in [-0.25, -0.2) is 8.42 Å². The third-order valence-corrected chi connectivity index (χ3v) is 6.19. The van der Waals surface area contributed by atoms with Crippen molar-refractivity contribution in [2.24, 2.45) is 10.9 Å². The number of fused-ring (bicyclic) bond motifs is 1. The van der Waals surface area contributed by atoms with Crippen molar-refractivity contribution in [2.45, 2.75) is 38.1 Å². The maximum atomic E-state index is 12.9. The Morgan fingerprint density at radius 1 is 1.21 bits per heavy atom. The van der Waals surface area contributed by atoms with Crippen molar-refractivity contribution in [2.75, 3.05) is 5.32 Å². The number of halogens is 1. The molecule has 1 amide bonds. The quantitative estimate of drug-likeness (QED) is 0.773. The van der Waals surface area contributed by atoms with E-state index in [0.29, 0.717) is 22.7 Å². The lowest BCUT2D eigenvalue weighted by molar-refractivity contribution is -0.117. The molecule has 0 saturated carbocycles. The molecule has 3 rings (SSSR count). The fraction of sp³-hybridized carbons (Fsp3) is 0.300. The number of carbonyl (C=O) groups excluding carboxylic acids is 1. The second kappa shape index (κ2) is 7.93. The Bertz CT molecular complexity index is 1050. The highest BCUT2D eigenvalue weighted by Gasteiger charge is 2.32. The first-order chi connectivity index (χ1) is 13.2. The first-order valence-corrected chi connectivity index (χ1v) is 10.8. The third-order valence-electron chi connectivity index (χ3n) is 4.38. The van der Waals surface area contributed by atoms with Gasteiger partial charge in [0.15, 0.2) is 0 Å². The zero-order chi connectivity index (χ0) is 20.5. The van der Waals surface area contributed by atoms with Gasteiger partial charge in [-0.3, -0.25) is 14.5 Å². The molecule has 0 fully saturated rings. The number of benzene rings is 2. The van der Waals surface area contributed by atoms with Gasteiger partial charge in [-0.05, 0) is 49.1 Å². The van der Waals surface area contributed by atoms with Crippen molar-refractivity contribution >= 4 is 39.1 Å². The summed E-state index contributed by atoms with van der Waals surface area (Å²) in [7, 11) is -3.65. The van der Waals surface area contributed by atoms with E-state index in [1.54, 1.807) is 30.3 Å². The summed E-state index contributed by atoms with van der Waals surface area (Å²) in [4.78, 5) is 17.5. The Balaban J connectivity index is 1.91. The highest BCUT2D eigenvalue weighted by atomic mass is 35.5. The number of anilines is 1. The molecule has 0 aromatic heterocycles. The number of nitrogens with one attached hydrogen (secondary N) is 2. The first kappa shape index (κ1) is 20.4. The van der Waals surface area contributed by atoms with Crippen molar-refractivity contribution in [1.29, 1.82) is 0 Å². The van der Waals surface area contributed by atoms with Gasteiger partial charge in [0.2, 0.25) is 5.91 Å². The van der Waals surface area contributed by atoms with E-state index in [1.165, 1.54) is 6.07 Å². The summed E-state index contributed by atoms with van der Waals surface area (Å²) < 4.78 is 27.0. The molecular formula is C20H22ClN3O3S. The minimum Gasteiger partial charge on any atom is -0.324 e. The SMILES string of the molecule is Cc1ccc(NC(=O)C(CC(C)C)N=C2NS(=O)(=O)c3ccccc32)cc1Cl. The van der Waals surface area contributed by atoms with Gasteiger partial charge in [0, 0.05) is 16.3 Å². The van der Waals surface area contributed by atoms with Gasteiger partial charge < -0.3 is 5.32 Å². The average Bonchev–Trinajstić information content (AvgIpc) is 2.88. The Hall–Kier alpha value is -2.38. The van der Waals surface area contributed by atoms with E-state index >= 15 is 0 Å². The fourth-order valence-electron chi connectivity index (χ4n) is 2.95. The second-order valence-corrected chi connectivity index (χ2v) is 9.24. The fourth-order valence-corrected chi connectivity index (χ4v) is 4.37. The molecular weight excluding hydrogens is 398 g/mol. The molecule has 28 heavy (non-hydrogen) atoms. The largest absolute Gasteiger partial charge is 0.324 e. The highest BCUT2D eigenvalue weighted by molar-refractivity contribution is 7.90. The monoisotopic (exact) mass is 419 g/mol. The standard InChI is InChI=1S/C20H22ClN3O3S/c1-12(2)10-17(20(25)22-14-9-8-13(3)16(21)11-14)23-19-15-6-4-5-7-18(15)28(26,27)24-19/h4-9,11-12,17H,10H2,1-3H3,(H,22,25)(H,23,24). The molecule has 1 atom stereocenters. The van der Waals surface area contributed by atoms with Crippen LogP contribution in [0.3, 0.4) is 0 Å². The number of hydrogen-bond donors (Lipinski definition) is 2. The molecule has 1 unspecified atom stereocenters. The smallest absolute Gasteiger partial charge is 0.263 e. The molecule has 2 aromatic rings.